The molecule has 3 aromatic rings. The fraction of sp³-hybridized carbons (Fsp3) is 0.333. The quantitative estimate of drug-likeness (QED) is 0.103. The van der Waals surface area contributed by atoms with Gasteiger partial charge in [-0.05, 0) is 59.7 Å². The van der Waals surface area contributed by atoms with E-state index in [0.717, 1.165) is 16.7 Å². The van der Waals surface area contributed by atoms with Crippen LogP contribution < -0.4 is 13.6 Å². The molecule has 0 bridgehead atoms. The molecule has 0 saturated carbocycles. The number of para-hydroxylation sites is 3. The van der Waals surface area contributed by atoms with Crippen LogP contribution in [0.3, 0.4) is 0 Å². The summed E-state index contributed by atoms with van der Waals surface area (Å²) in [4.78, 5) is 0. The average Bonchev–Trinajstić information content (AvgIpc) is 2.98. The van der Waals surface area contributed by atoms with E-state index in [1.807, 2.05) is 77.9 Å². The van der Waals surface area contributed by atoms with E-state index in [1.165, 1.54) is 0 Å². The largest absolute Gasteiger partial charge is 0.647 e. The lowest BCUT2D eigenvalue weighted by atomic mass is 10.1. The molecule has 0 N–H and O–H groups in total. The van der Waals surface area contributed by atoms with Crippen LogP contribution in [0, 0.1) is 0 Å². The fourth-order valence-electron chi connectivity index (χ4n) is 4.19. The van der Waals surface area contributed by atoms with E-state index >= 15 is 0 Å². The van der Waals surface area contributed by atoms with E-state index in [4.69, 9.17) is 27.8 Å². The van der Waals surface area contributed by atoms with Gasteiger partial charge in [-0.3, -0.25) is 0 Å². The SMILES string of the molecule is C=C(C)COC(C)c1ccccc1OP(=O)(Oc1ccccc1C(C)OCC(=C)C)Oc1ccccc1C(C)OCC(=C)C. The Morgan fingerprint density at radius 2 is 0.795 bits per heavy atom. The molecular formula is C36H45O7P. The van der Waals surface area contributed by atoms with Crippen molar-refractivity contribution < 1.29 is 32.3 Å². The summed E-state index contributed by atoms with van der Waals surface area (Å²) in [5, 5.41) is 0. The topological polar surface area (TPSA) is 72.5 Å². The number of benzene rings is 3. The molecule has 0 aliphatic carbocycles. The van der Waals surface area contributed by atoms with Crippen LogP contribution in [-0.4, -0.2) is 19.8 Å². The minimum atomic E-state index is -4.42. The number of ether oxygens (including phenoxy) is 3. The standard InChI is InChI=1S/C36H45O7P/c1-25(2)22-38-28(7)31-16-10-13-19-34(31)41-44(37,42-35-20-14-11-17-32(35)29(8)39-23-26(3)4)43-36-21-15-12-18-33(36)30(9)40-24-27(5)6/h10-21,28-30H,1,3,5,22-24H2,2,4,6-9H3. The first-order valence-corrected chi connectivity index (χ1v) is 16.1. The Kier molecular flexibility index (Phi) is 13.0. The van der Waals surface area contributed by atoms with Crippen molar-refractivity contribution in [1.29, 1.82) is 0 Å². The van der Waals surface area contributed by atoms with Gasteiger partial charge >= 0.3 is 7.82 Å². The molecule has 0 aliphatic heterocycles. The lowest BCUT2D eigenvalue weighted by Gasteiger charge is -2.25. The normalized spacial score (nSPS) is 14.5. The third-order valence-corrected chi connectivity index (χ3v) is 7.70. The molecule has 0 amide bonds. The summed E-state index contributed by atoms with van der Waals surface area (Å²) in [6, 6.07) is 21.7. The zero-order valence-electron chi connectivity index (χ0n) is 26.7. The summed E-state index contributed by atoms with van der Waals surface area (Å²) in [5.41, 5.74) is 4.68. The highest BCUT2D eigenvalue weighted by Crippen LogP contribution is 2.53. The van der Waals surface area contributed by atoms with Gasteiger partial charge in [-0.1, -0.05) is 91.1 Å². The van der Waals surface area contributed by atoms with Gasteiger partial charge in [0.05, 0.1) is 38.1 Å². The van der Waals surface area contributed by atoms with Crippen LogP contribution in [0.1, 0.15) is 76.5 Å². The van der Waals surface area contributed by atoms with Gasteiger partial charge in [-0.25, -0.2) is 0 Å². The molecule has 44 heavy (non-hydrogen) atoms. The maximum absolute atomic E-state index is 14.8. The lowest BCUT2D eigenvalue weighted by molar-refractivity contribution is 0.0811. The highest BCUT2D eigenvalue weighted by atomic mass is 31.2. The van der Waals surface area contributed by atoms with Crippen molar-refractivity contribution in [2.24, 2.45) is 0 Å². The summed E-state index contributed by atoms with van der Waals surface area (Å²) in [7, 11) is -4.42. The lowest BCUT2D eigenvalue weighted by Crippen LogP contribution is -2.13. The van der Waals surface area contributed by atoms with Gasteiger partial charge in [-0.2, -0.15) is 4.57 Å². The molecule has 3 atom stereocenters. The first kappa shape index (κ1) is 34.9. The molecule has 0 aliphatic rings. The van der Waals surface area contributed by atoms with Crippen molar-refractivity contribution in [3.63, 3.8) is 0 Å². The molecule has 0 saturated heterocycles. The van der Waals surface area contributed by atoms with Crippen LogP contribution >= 0.6 is 7.82 Å². The van der Waals surface area contributed by atoms with Crippen molar-refractivity contribution in [2.45, 2.75) is 59.9 Å². The monoisotopic (exact) mass is 620 g/mol. The van der Waals surface area contributed by atoms with Crippen LogP contribution in [0.15, 0.2) is 109 Å². The summed E-state index contributed by atoms with van der Waals surface area (Å²) >= 11 is 0. The predicted molar refractivity (Wildman–Crippen MR) is 176 cm³/mol. The van der Waals surface area contributed by atoms with Crippen molar-refractivity contribution in [2.75, 3.05) is 19.8 Å². The van der Waals surface area contributed by atoms with Gasteiger partial charge in [-0.15, -0.1) is 0 Å². The van der Waals surface area contributed by atoms with Crippen molar-refractivity contribution in [3.8, 4) is 17.2 Å². The minimum absolute atomic E-state index is 0.304. The van der Waals surface area contributed by atoms with Crippen LogP contribution in [-0.2, 0) is 18.8 Å². The van der Waals surface area contributed by atoms with Crippen LogP contribution in [0.25, 0.3) is 0 Å². The summed E-state index contributed by atoms with van der Waals surface area (Å²) < 4.78 is 51.4. The van der Waals surface area contributed by atoms with E-state index in [9.17, 15) is 4.57 Å². The summed E-state index contributed by atoms with van der Waals surface area (Å²) in [6.45, 7) is 24.2. The number of rotatable bonds is 18. The Labute approximate surface area is 262 Å². The van der Waals surface area contributed by atoms with E-state index in [0.29, 0.717) is 53.8 Å². The highest BCUT2D eigenvalue weighted by molar-refractivity contribution is 7.49. The van der Waals surface area contributed by atoms with Gasteiger partial charge < -0.3 is 27.8 Å². The molecule has 0 fully saturated rings. The third-order valence-electron chi connectivity index (χ3n) is 6.44. The molecule has 3 rings (SSSR count). The van der Waals surface area contributed by atoms with Crippen molar-refractivity contribution in [1.82, 2.24) is 0 Å². The first-order chi connectivity index (χ1) is 20.9. The highest BCUT2D eigenvalue weighted by Gasteiger charge is 2.37. The van der Waals surface area contributed by atoms with Crippen molar-refractivity contribution >= 4 is 7.82 Å². The second-order valence-corrected chi connectivity index (χ2v) is 12.5. The maximum atomic E-state index is 14.8. The molecule has 0 aromatic heterocycles. The van der Waals surface area contributed by atoms with E-state index in [2.05, 4.69) is 19.7 Å². The van der Waals surface area contributed by atoms with Crippen LogP contribution in [0.4, 0.5) is 0 Å². The predicted octanol–water partition coefficient (Wildman–Crippen LogP) is 10.3. The second kappa shape index (κ2) is 16.5. The van der Waals surface area contributed by atoms with Crippen molar-refractivity contribution in [3.05, 3.63) is 126 Å². The fourth-order valence-corrected chi connectivity index (χ4v) is 5.52. The number of hydrogen-bond acceptors (Lipinski definition) is 7. The average molecular weight is 621 g/mol. The first-order valence-electron chi connectivity index (χ1n) is 14.6. The second-order valence-electron chi connectivity index (χ2n) is 11.1. The summed E-state index contributed by atoms with van der Waals surface area (Å²) in [5.74, 6) is 0.912. The van der Waals surface area contributed by atoms with Gasteiger partial charge in [0, 0.05) is 16.7 Å². The molecule has 7 nitrogen and oxygen atoms in total. The van der Waals surface area contributed by atoms with Gasteiger partial charge in [0.1, 0.15) is 17.2 Å². The van der Waals surface area contributed by atoms with E-state index in [1.54, 1.807) is 36.4 Å². The Hall–Kier alpha value is -3.61. The molecule has 0 spiro atoms. The van der Waals surface area contributed by atoms with E-state index < -0.39 is 7.82 Å². The minimum Gasteiger partial charge on any atom is -0.386 e. The number of phosphoric acid groups is 1. The molecule has 3 unspecified atom stereocenters. The van der Waals surface area contributed by atoms with Crippen LogP contribution in [0.2, 0.25) is 0 Å². The molecule has 8 heteroatoms. The number of hydrogen-bond donors (Lipinski definition) is 0. The van der Waals surface area contributed by atoms with E-state index in [-0.39, 0.29) is 18.3 Å². The van der Waals surface area contributed by atoms with Crippen LogP contribution in [0.5, 0.6) is 17.2 Å². The van der Waals surface area contributed by atoms with Gasteiger partial charge in [0.2, 0.25) is 0 Å². The molecule has 0 heterocycles. The summed E-state index contributed by atoms with van der Waals surface area (Å²) in [6.07, 6.45) is -1.16. The molecule has 0 radical (unpaired) electrons. The maximum Gasteiger partial charge on any atom is 0.647 e. The zero-order valence-corrected chi connectivity index (χ0v) is 27.6. The Morgan fingerprint density at radius 1 is 0.545 bits per heavy atom. The molecule has 236 valence electrons. The smallest absolute Gasteiger partial charge is 0.386 e. The molecule has 3 aromatic carbocycles. The number of phosphoric ester groups is 1. The van der Waals surface area contributed by atoms with Gasteiger partial charge in [0.15, 0.2) is 0 Å². The van der Waals surface area contributed by atoms with Gasteiger partial charge in [0.25, 0.3) is 0 Å². The Morgan fingerprint density at radius 3 is 1.05 bits per heavy atom. The third kappa shape index (κ3) is 10.5. The Balaban J connectivity index is 2.05. The molecular weight excluding hydrogens is 575 g/mol. The Bertz CT molecular complexity index is 1310. The zero-order chi connectivity index (χ0) is 32.3.